The lowest BCUT2D eigenvalue weighted by Gasteiger charge is -2.18. The van der Waals surface area contributed by atoms with Gasteiger partial charge < -0.3 is 14.2 Å². The van der Waals surface area contributed by atoms with Crippen LogP contribution in [0.4, 0.5) is 0 Å². The molecule has 0 fully saturated rings. The molecule has 0 aromatic carbocycles. The first-order valence-electron chi connectivity index (χ1n) is 34.6. The Labute approximate surface area is 486 Å². The first-order valence-corrected chi connectivity index (χ1v) is 34.6. The molecule has 0 aliphatic heterocycles. The van der Waals surface area contributed by atoms with Crippen molar-refractivity contribution >= 4 is 17.9 Å². The van der Waals surface area contributed by atoms with E-state index in [1.807, 2.05) is 0 Å². The van der Waals surface area contributed by atoms with E-state index < -0.39 is 6.10 Å². The molecule has 0 aliphatic rings. The van der Waals surface area contributed by atoms with Gasteiger partial charge >= 0.3 is 17.9 Å². The largest absolute Gasteiger partial charge is 0.462 e. The van der Waals surface area contributed by atoms with Gasteiger partial charge in [-0.15, -0.1) is 0 Å². The number of hydrogen-bond acceptors (Lipinski definition) is 6. The van der Waals surface area contributed by atoms with E-state index in [0.29, 0.717) is 19.3 Å². The second kappa shape index (κ2) is 66.9. The summed E-state index contributed by atoms with van der Waals surface area (Å²) in [5.74, 6) is -0.885. The number of unbranched alkanes of at least 4 members (excludes halogenated alkanes) is 45. The van der Waals surface area contributed by atoms with Crippen molar-refractivity contribution in [2.75, 3.05) is 13.2 Å². The Balaban J connectivity index is 4.00. The second-order valence-corrected chi connectivity index (χ2v) is 23.4. The molecule has 6 heteroatoms. The molecule has 0 aromatic rings. The average Bonchev–Trinajstić information content (AvgIpc) is 3.44. The van der Waals surface area contributed by atoms with Crippen molar-refractivity contribution < 1.29 is 28.6 Å². The Morgan fingerprint density at radius 3 is 0.795 bits per heavy atom. The molecule has 0 spiro atoms. The van der Waals surface area contributed by atoms with E-state index in [4.69, 9.17) is 14.2 Å². The van der Waals surface area contributed by atoms with E-state index in [0.717, 1.165) is 96.3 Å². The summed E-state index contributed by atoms with van der Waals surface area (Å²) in [4.78, 5) is 38.2. The van der Waals surface area contributed by atoms with E-state index in [2.05, 4.69) is 69.4 Å². The van der Waals surface area contributed by atoms with Crippen molar-refractivity contribution in [2.24, 2.45) is 0 Å². The number of rotatable bonds is 64. The number of ether oxygens (including phenoxy) is 3. The first kappa shape index (κ1) is 75.4. The molecule has 0 radical (unpaired) electrons. The third kappa shape index (κ3) is 64.2. The fraction of sp³-hybridized carbons (Fsp3) is 0.847. The number of carbonyl (C=O) groups is 3. The van der Waals surface area contributed by atoms with Crippen molar-refractivity contribution in [3.05, 3.63) is 48.6 Å². The van der Waals surface area contributed by atoms with Gasteiger partial charge in [-0.2, -0.15) is 0 Å². The third-order valence-electron chi connectivity index (χ3n) is 15.5. The maximum absolute atomic E-state index is 12.9. The number of hydrogen-bond donors (Lipinski definition) is 0. The monoisotopic (exact) mass is 1090 g/mol. The molecule has 456 valence electrons. The maximum atomic E-state index is 12.9. The minimum atomic E-state index is -0.782. The SMILES string of the molecule is CCC/C=C\CCCCCCCC(=O)OCC(COC(=O)CCCCCCCCCCCCCCCCCCCCCCCCC/C=C\CCCCCCCCCC)OC(=O)CCCCCCC/C=C\C/C=C\CCCCC. The van der Waals surface area contributed by atoms with Gasteiger partial charge in [0.2, 0.25) is 0 Å². The van der Waals surface area contributed by atoms with Crippen LogP contribution in [0.2, 0.25) is 0 Å². The van der Waals surface area contributed by atoms with Gasteiger partial charge in [0.15, 0.2) is 6.10 Å². The highest BCUT2D eigenvalue weighted by atomic mass is 16.6. The van der Waals surface area contributed by atoms with Crippen LogP contribution in [0.15, 0.2) is 48.6 Å². The smallest absolute Gasteiger partial charge is 0.306 e. The van der Waals surface area contributed by atoms with E-state index in [-0.39, 0.29) is 31.1 Å². The summed E-state index contributed by atoms with van der Waals surface area (Å²) in [6.45, 7) is 6.58. The zero-order valence-corrected chi connectivity index (χ0v) is 52.5. The van der Waals surface area contributed by atoms with Gasteiger partial charge in [-0.3, -0.25) is 14.4 Å². The predicted octanol–water partition coefficient (Wildman–Crippen LogP) is 23.7. The number of carbonyl (C=O) groups excluding carboxylic acids is 3. The molecule has 0 rings (SSSR count). The highest BCUT2D eigenvalue weighted by molar-refractivity contribution is 5.71. The topological polar surface area (TPSA) is 78.9 Å². The molecule has 1 atom stereocenters. The van der Waals surface area contributed by atoms with Crippen LogP contribution in [-0.2, 0) is 28.6 Å². The summed E-state index contributed by atoms with van der Waals surface area (Å²) >= 11 is 0. The molecule has 6 nitrogen and oxygen atoms in total. The van der Waals surface area contributed by atoms with E-state index in [9.17, 15) is 14.4 Å². The molecule has 0 bridgehead atoms. The minimum Gasteiger partial charge on any atom is -0.462 e. The van der Waals surface area contributed by atoms with Gasteiger partial charge in [0.05, 0.1) is 0 Å². The summed E-state index contributed by atoms with van der Waals surface area (Å²) < 4.78 is 16.9. The van der Waals surface area contributed by atoms with Gasteiger partial charge in [-0.1, -0.05) is 307 Å². The Hall–Kier alpha value is -2.63. The summed E-state index contributed by atoms with van der Waals surface area (Å²) in [5, 5.41) is 0. The number of allylic oxidation sites excluding steroid dienone is 8. The van der Waals surface area contributed by atoms with Crippen LogP contribution in [0.25, 0.3) is 0 Å². The Bertz CT molecular complexity index is 1350. The van der Waals surface area contributed by atoms with Crippen LogP contribution in [0, 0.1) is 0 Å². The third-order valence-corrected chi connectivity index (χ3v) is 15.5. The molecule has 0 aromatic heterocycles. The molecule has 1 unspecified atom stereocenters. The van der Waals surface area contributed by atoms with Crippen LogP contribution in [-0.4, -0.2) is 37.2 Å². The molecule has 78 heavy (non-hydrogen) atoms. The Morgan fingerprint density at radius 2 is 0.487 bits per heavy atom. The van der Waals surface area contributed by atoms with Crippen LogP contribution in [0.3, 0.4) is 0 Å². The number of esters is 3. The van der Waals surface area contributed by atoms with Gasteiger partial charge in [-0.25, -0.2) is 0 Å². The average molecular weight is 1090 g/mol. The first-order chi connectivity index (χ1) is 38.5. The van der Waals surface area contributed by atoms with Crippen LogP contribution < -0.4 is 0 Å². The van der Waals surface area contributed by atoms with E-state index in [1.54, 1.807) is 0 Å². The van der Waals surface area contributed by atoms with Crippen molar-refractivity contribution in [2.45, 2.75) is 380 Å². The van der Waals surface area contributed by atoms with Crippen molar-refractivity contribution in [1.82, 2.24) is 0 Å². The Morgan fingerprint density at radius 1 is 0.256 bits per heavy atom. The lowest BCUT2D eigenvalue weighted by atomic mass is 10.0. The predicted molar refractivity (Wildman–Crippen MR) is 339 cm³/mol. The van der Waals surface area contributed by atoms with Gasteiger partial charge in [0.1, 0.15) is 13.2 Å². The van der Waals surface area contributed by atoms with Crippen LogP contribution in [0.1, 0.15) is 374 Å². The molecule has 0 N–H and O–H groups in total. The summed E-state index contributed by atoms with van der Waals surface area (Å²) in [6.07, 6.45) is 84.6. The van der Waals surface area contributed by atoms with E-state index >= 15 is 0 Å². The van der Waals surface area contributed by atoms with Crippen LogP contribution >= 0.6 is 0 Å². The molecular weight excluding hydrogens is 961 g/mol. The zero-order chi connectivity index (χ0) is 56.4. The van der Waals surface area contributed by atoms with Crippen molar-refractivity contribution in [1.29, 1.82) is 0 Å². The van der Waals surface area contributed by atoms with Gasteiger partial charge in [0, 0.05) is 19.3 Å². The maximum Gasteiger partial charge on any atom is 0.306 e. The van der Waals surface area contributed by atoms with Gasteiger partial charge in [0.25, 0.3) is 0 Å². The second-order valence-electron chi connectivity index (χ2n) is 23.4. The molecule has 0 saturated carbocycles. The lowest BCUT2D eigenvalue weighted by Crippen LogP contribution is -2.30. The quantitative estimate of drug-likeness (QED) is 0.0261. The minimum absolute atomic E-state index is 0.0781. The van der Waals surface area contributed by atoms with Gasteiger partial charge in [-0.05, 0) is 96.3 Å². The van der Waals surface area contributed by atoms with Crippen LogP contribution in [0.5, 0.6) is 0 Å². The molecule has 0 aliphatic carbocycles. The summed E-state index contributed by atoms with van der Waals surface area (Å²) in [6, 6.07) is 0. The van der Waals surface area contributed by atoms with Crippen molar-refractivity contribution in [3.63, 3.8) is 0 Å². The van der Waals surface area contributed by atoms with Crippen molar-refractivity contribution in [3.8, 4) is 0 Å². The highest BCUT2D eigenvalue weighted by Gasteiger charge is 2.19. The normalized spacial score (nSPS) is 12.3. The molecular formula is C72H132O6. The molecule has 0 saturated heterocycles. The summed E-state index contributed by atoms with van der Waals surface area (Å²) in [5.41, 5.74) is 0. The lowest BCUT2D eigenvalue weighted by molar-refractivity contribution is -0.167. The fourth-order valence-corrected chi connectivity index (χ4v) is 10.3. The van der Waals surface area contributed by atoms with E-state index in [1.165, 1.54) is 238 Å². The highest BCUT2D eigenvalue weighted by Crippen LogP contribution is 2.18. The summed E-state index contributed by atoms with van der Waals surface area (Å²) in [7, 11) is 0. The zero-order valence-electron chi connectivity index (χ0n) is 52.5. The Kier molecular flexibility index (Phi) is 64.6. The standard InChI is InChI=1S/C72H132O6/c1-4-7-10-13-16-19-22-24-26-27-28-29-30-31-32-33-34-35-36-37-38-39-40-41-42-43-44-45-47-48-50-53-56-59-62-65-71(74)77-68-69(67-76-70(73)64-61-58-55-52-21-18-15-12-9-6-3)78-72(75)66-63-60-57-54-51-49-46-25-23-20-17-14-11-8-5-2/h12,15,17,20,25,27-28,46,69H,4-11,13-14,16,18-19,21-24,26,29-45,47-68H2,1-3H3/b15-12-,20-17-,28-27-,46-25-. The fourth-order valence-electron chi connectivity index (χ4n) is 10.3. The molecule has 0 heterocycles. The molecule has 0 amide bonds.